The summed E-state index contributed by atoms with van der Waals surface area (Å²) >= 11 is 0. The van der Waals surface area contributed by atoms with Crippen LogP contribution in [0.5, 0.6) is 0 Å². The molecule has 6 heteroatoms. The minimum absolute atomic E-state index is 0.0305. The third-order valence-corrected chi connectivity index (χ3v) is 12.9. The minimum Gasteiger partial charge on any atom is -0.469 e. The number of allylic oxidation sites excluding steroid dienone is 3. The predicted octanol–water partition coefficient (Wildman–Crippen LogP) is 6.14. The Morgan fingerprint density at radius 3 is 2.34 bits per heavy atom. The minimum atomic E-state index is -1.09. The van der Waals surface area contributed by atoms with Gasteiger partial charge in [-0.05, 0) is 97.9 Å². The number of methoxy groups -OCH3 is 1. The van der Waals surface area contributed by atoms with Crippen molar-refractivity contribution in [3.8, 4) is 0 Å². The zero-order valence-corrected chi connectivity index (χ0v) is 24.2. The van der Waals surface area contributed by atoms with Gasteiger partial charge in [-0.15, -0.1) is 0 Å². The molecule has 0 aromatic heterocycles. The first-order valence-corrected chi connectivity index (χ1v) is 14.4. The van der Waals surface area contributed by atoms with Crippen LogP contribution in [0.3, 0.4) is 0 Å². The maximum atomic E-state index is 14.4. The average molecular weight is 529 g/mol. The highest BCUT2D eigenvalue weighted by Crippen LogP contribution is 2.75. The van der Waals surface area contributed by atoms with Gasteiger partial charge >= 0.3 is 5.97 Å². The first-order valence-electron chi connectivity index (χ1n) is 14.4. The summed E-state index contributed by atoms with van der Waals surface area (Å²) in [6.07, 6.45) is 7.91. The van der Waals surface area contributed by atoms with Crippen molar-refractivity contribution < 1.29 is 28.6 Å². The van der Waals surface area contributed by atoms with Crippen molar-refractivity contribution in [3.05, 3.63) is 23.6 Å². The van der Waals surface area contributed by atoms with Crippen molar-refractivity contribution in [2.45, 2.75) is 92.9 Å². The van der Waals surface area contributed by atoms with E-state index in [1.807, 2.05) is 6.08 Å². The van der Waals surface area contributed by atoms with Crippen LogP contribution >= 0.6 is 0 Å². The number of halogens is 1. The fourth-order valence-electron chi connectivity index (χ4n) is 10.5. The molecular formula is C32H45FO5. The highest BCUT2D eigenvalue weighted by Gasteiger charge is 2.71. The molecule has 4 fully saturated rings. The molecule has 0 heterocycles. The van der Waals surface area contributed by atoms with Gasteiger partial charge in [0.15, 0.2) is 11.6 Å². The molecule has 5 rings (SSSR count). The first-order chi connectivity index (χ1) is 17.6. The number of hydrogen-bond donors (Lipinski definition) is 1. The molecule has 0 spiro atoms. The quantitative estimate of drug-likeness (QED) is 0.344. The summed E-state index contributed by atoms with van der Waals surface area (Å²) in [6, 6.07) is 0. The van der Waals surface area contributed by atoms with Crippen LogP contribution in [-0.2, 0) is 19.1 Å². The second-order valence-electron chi connectivity index (χ2n) is 15.0. The Morgan fingerprint density at radius 1 is 1.08 bits per heavy atom. The lowest BCUT2D eigenvalue weighted by molar-refractivity contribution is -0.192. The van der Waals surface area contributed by atoms with Gasteiger partial charge in [0.05, 0.1) is 30.9 Å². The molecule has 5 nitrogen and oxygen atoms in total. The molecule has 0 amide bonds. The number of esters is 1. The number of aliphatic hydroxyl groups is 1. The number of Topliss-reactive ketones (excluding diaryl/α,β-unsaturated/α-hetero) is 1. The number of aliphatic hydroxyl groups excluding tert-OH is 1. The Labute approximate surface area is 226 Å². The molecule has 1 N–H and O–H groups in total. The molecule has 0 aromatic rings. The summed E-state index contributed by atoms with van der Waals surface area (Å²) < 4.78 is 19.5. The van der Waals surface area contributed by atoms with E-state index in [1.165, 1.54) is 7.11 Å². The zero-order chi connectivity index (χ0) is 28.1. The molecule has 8 atom stereocenters. The Kier molecular flexibility index (Phi) is 6.09. The number of hydrogen-bond acceptors (Lipinski definition) is 5. The number of ether oxygens (including phenoxy) is 1. The Morgan fingerprint density at radius 2 is 1.74 bits per heavy atom. The monoisotopic (exact) mass is 528 g/mol. The topological polar surface area (TPSA) is 80.7 Å². The van der Waals surface area contributed by atoms with E-state index in [9.17, 15) is 23.9 Å². The van der Waals surface area contributed by atoms with Crippen LogP contribution in [0.2, 0.25) is 0 Å². The largest absolute Gasteiger partial charge is 0.469 e. The molecule has 210 valence electrons. The molecule has 0 bridgehead atoms. The zero-order valence-electron chi connectivity index (χ0n) is 24.2. The van der Waals surface area contributed by atoms with Crippen LogP contribution in [0, 0.1) is 50.2 Å². The summed E-state index contributed by atoms with van der Waals surface area (Å²) in [7, 11) is 1.46. The lowest BCUT2D eigenvalue weighted by Crippen LogP contribution is -2.66. The smallest absolute Gasteiger partial charge is 0.312 e. The van der Waals surface area contributed by atoms with Crippen molar-refractivity contribution in [1.29, 1.82) is 0 Å². The van der Waals surface area contributed by atoms with Gasteiger partial charge in [-0.2, -0.15) is 0 Å². The summed E-state index contributed by atoms with van der Waals surface area (Å²) in [5, 5.41) is 10.4. The Hall–Kier alpha value is -1.82. The fraction of sp³-hybridized carbons (Fsp3) is 0.781. The van der Waals surface area contributed by atoms with Crippen molar-refractivity contribution in [2.24, 2.45) is 50.2 Å². The van der Waals surface area contributed by atoms with Crippen LogP contribution in [0.4, 0.5) is 4.39 Å². The highest BCUT2D eigenvalue weighted by atomic mass is 19.1. The highest BCUT2D eigenvalue weighted by molar-refractivity contribution is 6.02. The molecule has 0 unspecified atom stereocenters. The molecule has 0 aromatic carbocycles. The van der Waals surface area contributed by atoms with Gasteiger partial charge in [0.25, 0.3) is 0 Å². The van der Waals surface area contributed by atoms with E-state index in [4.69, 9.17) is 4.74 Å². The standard InChI is InChI=1S/C32H45FO5/c1-27(2)10-12-32(26(37)38-7)13-11-31(6)24(20(32)16-27)21(35)14-23-28(3)15-19(17-33)25(36)29(4,18-34)22(28)8-9-30(23,31)5/h14,17,20,22,24,34H,8-13,15-16,18H2,1-7H3/b19-17+/t20-,22+,24-,28-,29+,30+,31+,32-/m0/s1. The summed E-state index contributed by atoms with van der Waals surface area (Å²) in [4.78, 5) is 41.0. The molecule has 38 heavy (non-hydrogen) atoms. The van der Waals surface area contributed by atoms with E-state index in [0.29, 0.717) is 12.8 Å². The Bertz CT molecular complexity index is 1150. The second kappa shape index (κ2) is 8.34. The van der Waals surface area contributed by atoms with Crippen molar-refractivity contribution in [1.82, 2.24) is 0 Å². The lowest BCUT2D eigenvalue weighted by Gasteiger charge is -2.69. The normalized spacial score (nSPS) is 48.8. The van der Waals surface area contributed by atoms with Crippen LogP contribution < -0.4 is 0 Å². The summed E-state index contributed by atoms with van der Waals surface area (Å²) in [5.74, 6) is -1.01. The van der Waals surface area contributed by atoms with E-state index in [0.717, 1.165) is 44.1 Å². The van der Waals surface area contributed by atoms with Crippen LogP contribution in [0.15, 0.2) is 23.6 Å². The molecule has 5 aliphatic carbocycles. The van der Waals surface area contributed by atoms with Gasteiger partial charge in [0, 0.05) is 11.5 Å². The predicted molar refractivity (Wildman–Crippen MR) is 142 cm³/mol. The fourth-order valence-corrected chi connectivity index (χ4v) is 10.5. The molecule has 0 saturated heterocycles. The Balaban J connectivity index is 1.68. The van der Waals surface area contributed by atoms with Crippen LogP contribution in [0.25, 0.3) is 0 Å². The number of ketones is 2. The number of carbonyl (C=O) groups is 3. The van der Waals surface area contributed by atoms with Crippen molar-refractivity contribution in [2.75, 3.05) is 13.7 Å². The van der Waals surface area contributed by atoms with Gasteiger partial charge in [0.2, 0.25) is 0 Å². The second-order valence-corrected chi connectivity index (χ2v) is 15.0. The molecule has 5 aliphatic rings. The third kappa shape index (κ3) is 3.22. The van der Waals surface area contributed by atoms with Gasteiger partial charge in [-0.3, -0.25) is 14.4 Å². The van der Waals surface area contributed by atoms with Gasteiger partial charge < -0.3 is 9.84 Å². The van der Waals surface area contributed by atoms with E-state index in [1.54, 1.807) is 6.92 Å². The summed E-state index contributed by atoms with van der Waals surface area (Å²) in [5.41, 5.74) is -1.93. The molecular weight excluding hydrogens is 483 g/mol. The van der Waals surface area contributed by atoms with E-state index >= 15 is 0 Å². The first kappa shape index (κ1) is 27.7. The van der Waals surface area contributed by atoms with E-state index in [-0.39, 0.29) is 70.1 Å². The van der Waals surface area contributed by atoms with Crippen LogP contribution in [-0.4, -0.2) is 36.4 Å². The average Bonchev–Trinajstić information content (AvgIpc) is 2.86. The number of carbonyl (C=O) groups excluding carboxylic acids is 3. The third-order valence-electron chi connectivity index (χ3n) is 12.9. The molecule has 4 saturated carbocycles. The van der Waals surface area contributed by atoms with Gasteiger partial charge in [-0.25, -0.2) is 4.39 Å². The van der Waals surface area contributed by atoms with Gasteiger partial charge in [0.1, 0.15) is 0 Å². The molecule has 0 aliphatic heterocycles. The lowest BCUT2D eigenvalue weighted by atomic mass is 9.33. The van der Waals surface area contributed by atoms with Crippen molar-refractivity contribution >= 4 is 17.5 Å². The maximum Gasteiger partial charge on any atom is 0.312 e. The maximum absolute atomic E-state index is 14.4. The number of fused-ring (bicyclic) bond motifs is 7. The van der Waals surface area contributed by atoms with Crippen LogP contribution in [0.1, 0.15) is 92.9 Å². The van der Waals surface area contributed by atoms with E-state index in [2.05, 4.69) is 34.6 Å². The number of rotatable bonds is 2. The van der Waals surface area contributed by atoms with E-state index < -0.39 is 16.2 Å². The van der Waals surface area contributed by atoms with Crippen molar-refractivity contribution in [3.63, 3.8) is 0 Å². The van der Waals surface area contributed by atoms with Gasteiger partial charge in [-0.1, -0.05) is 40.2 Å². The molecule has 0 radical (unpaired) electrons. The SMILES string of the molecule is COC(=O)[C@]12CCC(C)(C)C[C@H]1[C@H]1C(=O)C=C3[C@@]4(C)C/C(=C\F)C(=O)[C@](C)(CO)[C@@H]4CC[C@@]3(C)[C@]1(C)CC2. The summed E-state index contributed by atoms with van der Waals surface area (Å²) in [6.45, 7) is 12.5.